The monoisotopic (exact) mass is 215 g/mol. The van der Waals surface area contributed by atoms with Gasteiger partial charge < -0.3 is 16.4 Å². The summed E-state index contributed by atoms with van der Waals surface area (Å²) in [7, 11) is 0. The summed E-state index contributed by atoms with van der Waals surface area (Å²) in [6, 6.07) is 0. The molecule has 5 heteroatoms. The average Bonchev–Trinajstić information content (AvgIpc) is 2.13. The molecule has 0 fully saturated rings. The molecule has 0 saturated heterocycles. The molecule has 0 radical (unpaired) electrons. The molecule has 0 bridgehead atoms. The highest BCUT2D eigenvalue weighted by Crippen LogP contribution is 2.11. The van der Waals surface area contributed by atoms with Crippen LogP contribution >= 0.6 is 0 Å². The molecule has 4 N–H and O–H groups in total. The number of rotatable bonds is 5. The SMILES string of the molecule is CC(C)(C)C(=O)NCC(=O)NCCCN. The van der Waals surface area contributed by atoms with Crippen molar-refractivity contribution >= 4 is 11.8 Å². The van der Waals surface area contributed by atoms with Crippen molar-refractivity contribution in [3.05, 3.63) is 0 Å². The van der Waals surface area contributed by atoms with Crippen LogP contribution in [0, 0.1) is 5.41 Å². The van der Waals surface area contributed by atoms with Crippen molar-refractivity contribution < 1.29 is 9.59 Å². The lowest BCUT2D eigenvalue weighted by Gasteiger charge is -2.17. The first-order chi connectivity index (χ1) is 6.88. The molecule has 0 rings (SSSR count). The highest BCUT2D eigenvalue weighted by molar-refractivity contribution is 5.87. The maximum Gasteiger partial charge on any atom is 0.239 e. The number of amides is 2. The molecule has 0 spiro atoms. The Bertz CT molecular complexity index is 221. The number of carbonyl (C=O) groups excluding carboxylic acids is 2. The zero-order valence-corrected chi connectivity index (χ0v) is 9.72. The Balaban J connectivity index is 3.67. The van der Waals surface area contributed by atoms with E-state index in [9.17, 15) is 9.59 Å². The number of nitrogens with two attached hydrogens (primary N) is 1. The van der Waals surface area contributed by atoms with Crippen LogP contribution in [0.25, 0.3) is 0 Å². The van der Waals surface area contributed by atoms with Gasteiger partial charge in [0.1, 0.15) is 0 Å². The molecular formula is C10H21N3O2. The maximum absolute atomic E-state index is 11.4. The first-order valence-electron chi connectivity index (χ1n) is 5.13. The van der Waals surface area contributed by atoms with Gasteiger partial charge in [0.25, 0.3) is 0 Å². The van der Waals surface area contributed by atoms with E-state index in [1.54, 1.807) is 20.8 Å². The van der Waals surface area contributed by atoms with Crippen LogP contribution in [0.2, 0.25) is 0 Å². The molecule has 0 aromatic rings. The topological polar surface area (TPSA) is 84.2 Å². The van der Waals surface area contributed by atoms with Gasteiger partial charge in [0.05, 0.1) is 6.54 Å². The number of hydrogen-bond acceptors (Lipinski definition) is 3. The van der Waals surface area contributed by atoms with E-state index >= 15 is 0 Å². The van der Waals surface area contributed by atoms with Crippen molar-refractivity contribution in [2.24, 2.45) is 11.1 Å². The second-order valence-corrected chi connectivity index (χ2v) is 4.42. The Morgan fingerprint density at radius 3 is 2.27 bits per heavy atom. The van der Waals surface area contributed by atoms with Crippen molar-refractivity contribution in [1.82, 2.24) is 10.6 Å². The lowest BCUT2D eigenvalue weighted by molar-refractivity contribution is -0.131. The van der Waals surface area contributed by atoms with Gasteiger partial charge in [-0.3, -0.25) is 9.59 Å². The van der Waals surface area contributed by atoms with Crippen molar-refractivity contribution in [3.63, 3.8) is 0 Å². The Labute approximate surface area is 90.8 Å². The van der Waals surface area contributed by atoms with Crippen molar-refractivity contribution in [1.29, 1.82) is 0 Å². The van der Waals surface area contributed by atoms with Gasteiger partial charge in [0.2, 0.25) is 11.8 Å². The molecule has 0 atom stereocenters. The molecule has 0 aromatic heterocycles. The normalized spacial score (nSPS) is 10.9. The van der Waals surface area contributed by atoms with E-state index in [1.165, 1.54) is 0 Å². The van der Waals surface area contributed by atoms with Crippen molar-refractivity contribution in [3.8, 4) is 0 Å². The third-order valence-corrected chi connectivity index (χ3v) is 1.79. The van der Waals surface area contributed by atoms with Gasteiger partial charge in [-0.05, 0) is 13.0 Å². The average molecular weight is 215 g/mol. The van der Waals surface area contributed by atoms with Crippen LogP contribution in [0.5, 0.6) is 0 Å². The van der Waals surface area contributed by atoms with Crippen LogP contribution in [0.3, 0.4) is 0 Å². The molecule has 0 unspecified atom stereocenters. The zero-order valence-electron chi connectivity index (χ0n) is 9.72. The molecule has 2 amide bonds. The summed E-state index contributed by atoms with van der Waals surface area (Å²) < 4.78 is 0. The Morgan fingerprint density at radius 1 is 1.20 bits per heavy atom. The van der Waals surface area contributed by atoms with Crippen LogP contribution < -0.4 is 16.4 Å². The molecule has 5 nitrogen and oxygen atoms in total. The lowest BCUT2D eigenvalue weighted by atomic mass is 9.96. The standard InChI is InChI=1S/C10H21N3O2/c1-10(2,3)9(15)13-7-8(14)12-6-4-5-11/h4-7,11H2,1-3H3,(H,12,14)(H,13,15). The van der Waals surface area contributed by atoms with Crippen LogP contribution in [-0.2, 0) is 9.59 Å². The van der Waals surface area contributed by atoms with Crippen molar-refractivity contribution in [2.75, 3.05) is 19.6 Å². The van der Waals surface area contributed by atoms with Crippen LogP contribution in [0.4, 0.5) is 0 Å². The predicted octanol–water partition coefficient (Wildman–Crippen LogP) is -0.386. The number of nitrogens with one attached hydrogen (secondary N) is 2. The maximum atomic E-state index is 11.4. The molecule has 15 heavy (non-hydrogen) atoms. The van der Waals surface area contributed by atoms with E-state index < -0.39 is 5.41 Å². The predicted molar refractivity (Wildman–Crippen MR) is 59.1 cm³/mol. The summed E-state index contributed by atoms with van der Waals surface area (Å²) in [5.74, 6) is -0.308. The number of carbonyl (C=O) groups is 2. The fourth-order valence-corrected chi connectivity index (χ4v) is 0.818. The molecule has 0 saturated carbocycles. The van der Waals surface area contributed by atoms with E-state index in [0.717, 1.165) is 6.42 Å². The molecule has 0 aliphatic heterocycles. The molecule has 0 heterocycles. The molecular weight excluding hydrogens is 194 g/mol. The summed E-state index contributed by atoms with van der Waals surface area (Å²) in [5.41, 5.74) is 4.81. The minimum Gasteiger partial charge on any atom is -0.355 e. The van der Waals surface area contributed by atoms with E-state index in [1.807, 2.05) is 0 Å². The van der Waals surface area contributed by atoms with Crippen molar-refractivity contribution in [2.45, 2.75) is 27.2 Å². The minimum absolute atomic E-state index is 0.0284. The second-order valence-electron chi connectivity index (χ2n) is 4.42. The second kappa shape index (κ2) is 6.40. The van der Waals surface area contributed by atoms with Gasteiger partial charge in [-0.15, -0.1) is 0 Å². The first kappa shape index (κ1) is 13.9. The quantitative estimate of drug-likeness (QED) is 0.546. The summed E-state index contributed by atoms with van der Waals surface area (Å²) in [6.07, 6.45) is 0.749. The van der Waals surface area contributed by atoms with Crippen LogP contribution in [-0.4, -0.2) is 31.4 Å². The fraction of sp³-hybridized carbons (Fsp3) is 0.800. The van der Waals surface area contributed by atoms with Gasteiger partial charge >= 0.3 is 0 Å². The van der Waals surface area contributed by atoms with E-state index in [0.29, 0.717) is 13.1 Å². The Morgan fingerprint density at radius 2 is 1.80 bits per heavy atom. The van der Waals surface area contributed by atoms with Gasteiger partial charge in [-0.1, -0.05) is 20.8 Å². The van der Waals surface area contributed by atoms with Gasteiger partial charge in [-0.25, -0.2) is 0 Å². The Hall–Kier alpha value is -1.10. The van der Waals surface area contributed by atoms with E-state index in [-0.39, 0.29) is 18.4 Å². The zero-order chi connectivity index (χ0) is 11.9. The first-order valence-corrected chi connectivity index (χ1v) is 5.13. The largest absolute Gasteiger partial charge is 0.355 e. The van der Waals surface area contributed by atoms with Crippen LogP contribution in [0.1, 0.15) is 27.2 Å². The fourth-order valence-electron chi connectivity index (χ4n) is 0.818. The summed E-state index contributed by atoms with van der Waals surface area (Å²) >= 11 is 0. The smallest absolute Gasteiger partial charge is 0.239 e. The molecule has 0 aliphatic carbocycles. The third kappa shape index (κ3) is 6.90. The summed E-state index contributed by atoms with van der Waals surface area (Å²) in [6.45, 7) is 6.54. The highest BCUT2D eigenvalue weighted by Gasteiger charge is 2.21. The number of hydrogen-bond donors (Lipinski definition) is 3. The third-order valence-electron chi connectivity index (χ3n) is 1.79. The molecule has 0 aliphatic rings. The Kier molecular flexibility index (Phi) is 5.93. The molecule has 0 aromatic carbocycles. The molecule has 88 valence electrons. The van der Waals surface area contributed by atoms with Gasteiger partial charge in [0, 0.05) is 12.0 Å². The summed E-state index contributed by atoms with van der Waals surface area (Å²) in [5, 5.41) is 5.22. The highest BCUT2D eigenvalue weighted by atomic mass is 16.2. The van der Waals surface area contributed by atoms with Gasteiger partial charge in [0.15, 0.2) is 0 Å². The van der Waals surface area contributed by atoms with E-state index in [2.05, 4.69) is 10.6 Å². The summed E-state index contributed by atoms with van der Waals surface area (Å²) in [4.78, 5) is 22.6. The van der Waals surface area contributed by atoms with Gasteiger partial charge in [-0.2, -0.15) is 0 Å². The van der Waals surface area contributed by atoms with Crippen LogP contribution in [0.15, 0.2) is 0 Å². The van der Waals surface area contributed by atoms with E-state index in [4.69, 9.17) is 5.73 Å². The lowest BCUT2D eigenvalue weighted by Crippen LogP contribution is -2.42. The minimum atomic E-state index is -0.461.